The zero-order valence-corrected chi connectivity index (χ0v) is 10.5. The van der Waals surface area contributed by atoms with Gasteiger partial charge in [-0.15, -0.1) is 0 Å². The van der Waals surface area contributed by atoms with Crippen molar-refractivity contribution in [3.05, 3.63) is 66.5 Å². The predicted octanol–water partition coefficient (Wildman–Crippen LogP) is 2.99. The van der Waals surface area contributed by atoms with Crippen LogP contribution in [-0.4, -0.2) is 16.0 Å². The second-order valence-corrected chi connectivity index (χ2v) is 4.14. The summed E-state index contributed by atoms with van der Waals surface area (Å²) in [5, 5.41) is 6.50. The van der Waals surface area contributed by atoms with Crippen LogP contribution in [0.3, 0.4) is 0 Å². The molecular formula is C15H11N3O2. The Balaban J connectivity index is 1.77. The second-order valence-electron chi connectivity index (χ2n) is 4.14. The van der Waals surface area contributed by atoms with Gasteiger partial charge in [0, 0.05) is 24.0 Å². The standard InChI is InChI=1S/C15H11N3O2/c19-15(12-7-4-8-16-10-12)17-14-9-13(20-18-14)11-5-2-1-3-6-11/h1-10H,(H,17,18,19)/i15+1. The molecule has 0 aliphatic carbocycles. The highest BCUT2D eigenvalue weighted by atomic mass is 16.5. The fourth-order valence-electron chi connectivity index (χ4n) is 1.76. The molecule has 0 saturated carbocycles. The van der Waals surface area contributed by atoms with E-state index >= 15 is 0 Å². The van der Waals surface area contributed by atoms with E-state index in [0.29, 0.717) is 17.1 Å². The normalized spacial score (nSPS) is 10.2. The Labute approximate surface area is 115 Å². The number of anilines is 1. The molecule has 0 fully saturated rings. The van der Waals surface area contributed by atoms with Gasteiger partial charge in [-0.3, -0.25) is 9.78 Å². The van der Waals surface area contributed by atoms with E-state index in [9.17, 15) is 4.79 Å². The van der Waals surface area contributed by atoms with Gasteiger partial charge < -0.3 is 9.84 Å². The van der Waals surface area contributed by atoms with Crippen molar-refractivity contribution < 1.29 is 9.32 Å². The van der Waals surface area contributed by atoms with Gasteiger partial charge in [-0.05, 0) is 12.1 Å². The van der Waals surface area contributed by atoms with Crippen LogP contribution in [0.5, 0.6) is 0 Å². The minimum atomic E-state index is -0.272. The van der Waals surface area contributed by atoms with Crippen molar-refractivity contribution in [1.82, 2.24) is 10.1 Å². The molecule has 98 valence electrons. The van der Waals surface area contributed by atoms with Gasteiger partial charge in [0.25, 0.3) is 5.91 Å². The molecule has 1 amide bonds. The Hall–Kier alpha value is -2.95. The molecule has 1 N–H and O–H groups in total. The number of hydrogen-bond donors (Lipinski definition) is 1. The molecule has 5 nitrogen and oxygen atoms in total. The number of pyridine rings is 1. The minimum absolute atomic E-state index is 0.272. The Morgan fingerprint density at radius 2 is 1.95 bits per heavy atom. The van der Waals surface area contributed by atoms with Crippen LogP contribution in [0.2, 0.25) is 0 Å². The third-order valence-electron chi connectivity index (χ3n) is 2.73. The summed E-state index contributed by atoms with van der Waals surface area (Å²) < 4.78 is 5.21. The molecule has 0 radical (unpaired) electrons. The van der Waals surface area contributed by atoms with E-state index in [1.807, 2.05) is 30.3 Å². The number of hydrogen-bond acceptors (Lipinski definition) is 4. The van der Waals surface area contributed by atoms with E-state index in [1.165, 1.54) is 6.20 Å². The van der Waals surface area contributed by atoms with Crippen molar-refractivity contribution in [3.63, 3.8) is 0 Å². The molecule has 3 aromatic rings. The highest BCUT2D eigenvalue weighted by Gasteiger charge is 2.10. The fourth-order valence-corrected chi connectivity index (χ4v) is 1.76. The number of nitrogens with zero attached hydrogens (tertiary/aromatic N) is 2. The number of nitrogens with one attached hydrogen (secondary N) is 1. The summed E-state index contributed by atoms with van der Waals surface area (Å²) in [5.41, 5.74) is 1.37. The van der Waals surface area contributed by atoms with Crippen LogP contribution in [0.1, 0.15) is 10.4 Å². The quantitative estimate of drug-likeness (QED) is 0.740. The highest BCUT2D eigenvalue weighted by Crippen LogP contribution is 2.22. The van der Waals surface area contributed by atoms with Crippen molar-refractivity contribution in [3.8, 4) is 11.3 Å². The van der Waals surface area contributed by atoms with Crippen molar-refractivity contribution in [2.45, 2.75) is 0 Å². The van der Waals surface area contributed by atoms with E-state index < -0.39 is 0 Å². The molecule has 0 spiro atoms. The van der Waals surface area contributed by atoms with Gasteiger partial charge in [0.05, 0.1) is 5.56 Å². The number of rotatable bonds is 3. The number of aromatic nitrogens is 2. The third-order valence-corrected chi connectivity index (χ3v) is 2.73. The number of benzene rings is 1. The van der Waals surface area contributed by atoms with Gasteiger partial charge in [0.2, 0.25) is 0 Å². The van der Waals surface area contributed by atoms with E-state index in [2.05, 4.69) is 15.5 Å². The van der Waals surface area contributed by atoms with Crippen LogP contribution < -0.4 is 5.32 Å². The minimum Gasteiger partial charge on any atom is -0.354 e. The predicted molar refractivity (Wildman–Crippen MR) is 74.1 cm³/mol. The van der Waals surface area contributed by atoms with E-state index in [4.69, 9.17) is 4.52 Å². The first-order valence-corrected chi connectivity index (χ1v) is 6.06. The summed E-state index contributed by atoms with van der Waals surface area (Å²) in [6, 6.07) is 14.6. The Kier molecular flexibility index (Phi) is 3.24. The van der Waals surface area contributed by atoms with Gasteiger partial charge in [0.15, 0.2) is 11.6 Å². The number of amides is 1. The first kappa shape index (κ1) is 12.1. The van der Waals surface area contributed by atoms with Crippen LogP contribution in [-0.2, 0) is 0 Å². The molecule has 0 saturated heterocycles. The summed E-state index contributed by atoms with van der Waals surface area (Å²) >= 11 is 0. The maximum absolute atomic E-state index is 11.9. The first-order chi connectivity index (χ1) is 9.83. The molecule has 0 aliphatic heterocycles. The zero-order valence-electron chi connectivity index (χ0n) is 10.5. The lowest BCUT2D eigenvalue weighted by molar-refractivity contribution is 0.102. The molecule has 2 heterocycles. The molecular weight excluding hydrogens is 255 g/mol. The van der Waals surface area contributed by atoms with E-state index in [0.717, 1.165) is 5.56 Å². The molecule has 0 atom stereocenters. The van der Waals surface area contributed by atoms with Crippen LogP contribution in [0.15, 0.2) is 65.4 Å². The fraction of sp³-hybridized carbons (Fsp3) is 0. The van der Waals surface area contributed by atoms with Gasteiger partial charge in [-0.25, -0.2) is 0 Å². The Morgan fingerprint density at radius 1 is 1.10 bits per heavy atom. The first-order valence-electron chi connectivity index (χ1n) is 6.06. The molecule has 0 aliphatic rings. The van der Waals surface area contributed by atoms with Gasteiger partial charge in [-0.1, -0.05) is 35.5 Å². The van der Waals surface area contributed by atoms with Crippen LogP contribution in [0.25, 0.3) is 11.3 Å². The highest BCUT2D eigenvalue weighted by molar-refractivity contribution is 6.03. The topological polar surface area (TPSA) is 68.0 Å². The largest absolute Gasteiger partial charge is 0.354 e. The maximum atomic E-state index is 11.9. The van der Waals surface area contributed by atoms with Crippen molar-refractivity contribution in [2.24, 2.45) is 0 Å². The lowest BCUT2D eigenvalue weighted by Gasteiger charge is -1.99. The number of carbonyl (C=O) groups excluding carboxylic acids is 1. The summed E-state index contributed by atoms with van der Waals surface area (Å²) in [6.07, 6.45) is 3.11. The Morgan fingerprint density at radius 3 is 2.70 bits per heavy atom. The van der Waals surface area contributed by atoms with Crippen molar-refractivity contribution >= 4 is 11.7 Å². The summed E-state index contributed by atoms with van der Waals surface area (Å²) in [4.78, 5) is 15.8. The number of carbonyl (C=O) groups is 1. The van der Waals surface area contributed by atoms with Gasteiger partial charge in [0.1, 0.15) is 0 Å². The molecule has 2 aromatic heterocycles. The summed E-state index contributed by atoms with van der Waals surface area (Å²) in [5.74, 6) is 0.704. The lowest BCUT2D eigenvalue weighted by atomic mass is 10.2. The van der Waals surface area contributed by atoms with E-state index in [1.54, 1.807) is 24.4 Å². The second kappa shape index (κ2) is 5.36. The van der Waals surface area contributed by atoms with Crippen LogP contribution in [0, 0.1) is 0 Å². The van der Waals surface area contributed by atoms with Crippen LogP contribution >= 0.6 is 0 Å². The maximum Gasteiger partial charge on any atom is 0.258 e. The monoisotopic (exact) mass is 266 g/mol. The molecule has 0 unspecified atom stereocenters. The van der Waals surface area contributed by atoms with E-state index in [-0.39, 0.29) is 5.91 Å². The average Bonchev–Trinajstić information content (AvgIpc) is 2.97. The lowest BCUT2D eigenvalue weighted by Crippen LogP contribution is -2.12. The Bertz CT molecular complexity index is 708. The SMILES string of the molecule is O=[13C](Nc1cc(-c2ccccc2)on1)c1cccnc1. The van der Waals surface area contributed by atoms with Crippen LogP contribution in [0.4, 0.5) is 5.82 Å². The summed E-state index contributed by atoms with van der Waals surface area (Å²) in [7, 11) is 0. The van der Waals surface area contributed by atoms with Gasteiger partial charge in [-0.2, -0.15) is 0 Å². The molecule has 20 heavy (non-hydrogen) atoms. The third kappa shape index (κ3) is 2.56. The van der Waals surface area contributed by atoms with Gasteiger partial charge >= 0.3 is 0 Å². The smallest absolute Gasteiger partial charge is 0.258 e. The van der Waals surface area contributed by atoms with Crippen molar-refractivity contribution in [2.75, 3.05) is 5.32 Å². The molecule has 5 heteroatoms. The van der Waals surface area contributed by atoms with Crippen molar-refractivity contribution in [1.29, 1.82) is 0 Å². The molecule has 3 rings (SSSR count). The molecule has 1 aromatic carbocycles. The zero-order chi connectivity index (χ0) is 13.8. The molecule has 0 bridgehead atoms. The average molecular weight is 266 g/mol. The summed E-state index contributed by atoms with van der Waals surface area (Å²) in [6.45, 7) is 0.